The second-order valence-corrected chi connectivity index (χ2v) is 5.42. The molecule has 2 heterocycles. The minimum absolute atomic E-state index is 0.0388. The number of carbonyl (C=O) groups is 1. The minimum atomic E-state index is -0.251. The highest BCUT2D eigenvalue weighted by Crippen LogP contribution is 2.37. The Kier molecular flexibility index (Phi) is 3.19. The molecule has 4 nitrogen and oxygen atoms in total. The Labute approximate surface area is 113 Å². The van der Waals surface area contributed by atoms with Gasteiger partial charge in [-0.2, -0.15) is 0 Å². The molecule has 2 unspecified atom stereocenters. The van der Waals surface area contributed by atoms with E-state index in [2.05, 4.69) is 0 Å². The molecule has 2 aliphatic rings. The number of hydrogen-bond donors (Lipinski definition) is 1. The lowest BCUT2D eigenvalue weighted by Gasteiger charge is -2.37. The van der Waals surface area contributed by atoms with E-state index in [1.54, 1.807) is 7.11 Å². The summed E-state index contributed by atoms with van der Waals surface area (Å²) in [4.78, 5) is 14.7. The van der Waals surface area contributed by atoms with Gasteiger partial charge in [0.2, 0.25) is 0 Å². The average Bonchev–Trinajstić information content (AvgIpc) is 2.70. The van der Waals surface area contributed by atoms with E-state index in [0.29, 0.717) is 24.2 Å². The zero-order chi connectivity index (χ0) is 13.4. The average molecular weight is 261 g/mol. The van der Waals surface area contributed by atoms with Crippen LogP contribution < -0.4 is 4.74 Å². The van der Waals surface area contributed by atoms with Gasteiger partial charge >= 0.3 is 0 Å². The first-order chi connectivity index (χ1) is 9.20. The van der Waals surface area contributed by atoms with Crippen LogP contribution in [-0.2, 0) is 0 Å². The summed E-state index contributed by atoms with van der Waals surface area (Å²) in [5.74, 6) is 0.662. The third-order valence-corrected chi connectivity index (χ3v) is 4.28. The van der Waals surface area contributed by atoms with Crippen LogP contribution >= 0.6 is 0 Å². The number of para-hydroxylation sites is 1. The molecular formula is C15H19NO3. The molecule has 1 aromatic carbocycles. The highest BCUT2D eigenvalue weighted by Gasteiger charge is 2.43. The van der Waals surface area contributed by atoms with Gasteiger partial charge in [-0.05, 0) is 37.8 Å². The molecule has 0 aliphatic carbocycles. The number of aliphatic hydroxyl groups is 1. The Morgan fingerprint density at radius 1 is 1.26 bits per heavy atom. The van der Waals surface area contributed by atoms with Gasteiger partial charge in [0.1, 0.15) is 5.75 Å². The van der Waals surface area contributed by atoms with E-state index in [-0.39, 0.29) is 24.1 Å². The summed E-state index contributed by atoms with van der Waals surface area (Å²) in [5, 5.41) is 9.80. The summed E-state index contributed by atoms with van der Waals surface area (Å²) in [6.07, 6.45) is 3.17. The number of ether oxygens (including phenoxy) is 1. The largest absolute Gasteiger partial charge is 0.496 e. The Bertz CT molecular complexity index is 474. The van der Waals surface area contributed by atoms with Crippen molar-refractivity contribution in [1.82, 2.24) is 4.90 Å². The zero-order valence-electron chi connectivity index (χ0n) is 11.1. The molecule has 2 saturated heterocycles. The molecule has 0 saturated carbocycles. The Morgan fingerprint density at radius 3 is 2.53 bits per heavy atom. The van der Waals surface area contributed by atoms with E-state index in [0.717, 1.165) is 12.8 Å². The zero-order valence-corrected chi connectivity index (χ0v) is 11.1. The number of piperidine rings is 1. The maximum absolute atomic E-state index is 12.7. The molecular weight excluding hydrogens is 242 g/mol. The first-order valence-corrected chi connectivity index (χ1v) is 6.84. The van der Waals surface area contributed by atoms with Gasteiger partial charge in [-0.15, -0.1) is 0 Å². The summed E-state index contributed by atoms with van der Waals surface area (Å²) in [5.41, 5.74) is 0.623. The van der Waals surface area contributed by atoms with E-state index in [1.807, 2.05) is 29.2 Å². The van der Waals surface area contributed by atoms with E-state index >= 15 is 0 Å². The first kappa shape index (κ1) is 12.5. The lowest BCUT2D eigenvalue weighted by atomic mass is 9.98. The van der Waals surface area contributed by atoms with E-state index in [4.69, 9.17) is 4.74 Å². The number of carbonyl (C=O) groups excluding carboxylic acids is 1. The maximum atomic E-state index is 12.7. The topological polar surface area (TPSA) is 49.8 Å². The van der Waals surface area contributed by atoms with E-state index in [1.165, 1.54) is 0 Å². The molecule has 2 bridgehead atoms. The lowest BCUT2D eigenvalue weighted by Crippen LogP contribution is -2.48. The van der Waals surface area contributed by atoms with Crippen molar-refractivity contribution in [2.24, 2.45) is 0 Å². The van der Waals surface area contributed by atoms with Crippen molar-refractivity contribution in [2.45, 2.75) is 43.9 Å². The first-order valence-electron chi connectivity index (χ1n) is 6.84. The molecule has 0 spiro atoms. The van der Waals surface area contributed by atoms with Crippen molar-refractivity contribution in [1.29, 1.82) is 0 Å². The molecule has 1 amide bonds. The van der Waals surface area contributed by atoms with Gasteiger partial charge in [-0.1, -0.05) is 12.1 Å². The Balaban J connectivity index is 1.89. The summed E-state index contributed by atoms with van der Waals surface area (Å²) >= 11 is 0. The number of hydrogen-bond acceptors (Lipinski definition) is 3. The fourth-order valence-electron chi connectivity index (χ4n) is 3.44. The van der Waals surface area contributed by atoms with Gasteiger partial charge in [-0.25, -0.2) is 0 Å². The summed E-state index contributed by atoms with van der Waals surface area (Å²) in [7, 11) is 1.58. The van der Waals surface area contributed by atoms with Crippen LogP contribution in [0.1, 0.15) is 36.0 Å². The second-order valence-electron chi connectivity index (χ2n) is 5.42. The molecule has 2 fully saturated rings. The molecule has 4 heteroatoms. The Hall–Kier alpha value is -1.55. The fourth-order valence-corrected chi connectivity index (χ4v) is 3.44. The number of benzene rings is 1. The standard InChI is InChI=1S/C15H19NO3/c1-19-14-5-3-2-4-13(14)15(18)16-10-6-7-11(16)9-12(17)8-10/h2-5,10-12,17H,6-9H2,1H3. The van der Waals surface area contributed by atoms with Gasteiger partial charge in [0, 0.05) is 12.1 Å². The normalized spacial score (nSPS) is 29.4. The molecule has 2 atom stereocenters. The van der Waals surface area contributed by atoms with Crippen LogP contribution in [0.3, 0.4) is 0 Å². The number of amides is 1. The molecule has 19 heavy (non-hydrogen) atoms. The van der Waals surface area contributed by atoms with Crippen molar-refractivity contribution in [2.75, 3.05) is 7.11 Å². The maximum Gasteiger partial charge on any atom is 0.258 e. The van der Waals surface area contributed by atoms with E-state index in [9.17, 15) is 9.90 Å². The van der Waals surface area contributed by atoms with Crippen molar-refractivity contribution in [3.63, 3.8) is 0 Å². The van der Waals surface area contributed by atoms with Crippen LogP contribution in [0.15, 0.2) is 24.3 Å². The van der Waals surface area contributed by atoms with Crippen molar-refractivity contribution in [3.8, 4) is 5.75 Å². The van der Waals surface area contributed by atoms with Crippen molar-refractivity contribution < 1.29 is 14.6 Å². The summed E-state index contributed by atoms with van der Waals surface area (Å²) in [6.45, 7) is 0. The van der Waals surface area contributed by atoms with Crippen molar-refractivity contribution in [3.05, 3.63) is 29.8 Å². The Morgan fingerprint density at radius 2 is 1.89 bits per heavy atom. The molecule has 3 rings (SSSR count). The lowest BCUT2D eigenvalue weighted by molar-refractivity contribution is 0.0285. The molecule has 0 aromatic heterocycles. The minimum Gasteiger partial charge on any atom is -0.496 e. The van der Waals surface area contributed by atoms with Gasteiger partial charge in [0.25, 0.3) is 5.91 Å². The predicted octanol–water partition coefficient (Wildman–Crippen LogP) is 1.82. The van der Waals surface area contributed by atoms with E-state index < -0.39 is 0 Å². The number of rotatable bonds is 2. The summed E-state index contributed by atoms with van der Waals surface area (Å²) < 4.78 is 5.27. The highest BCUT2D eigenvalue weighted by molar-refractivity contribution is 5.97. The highest BCUT2D eigenvalue weighted by atomic mass is 16.5. The summed E-state index contributed by atoms with van der Waals surface area (Å²) in [6, 6.07) is 7.72. The van der Waals surface area contributed by atoms with Gasteiger partial charge in [0.15, 0.2) is 0 Å². The molecule has 0 radical (unpaired) electrons. The predicted molar refractivity (Wildman–Crippen MR) is 71.2 cm³/mol. The quantitative estimate of drug-likeness (QED) is 0.883. The molecule has 1 N–H and O–H groups in total. The van der Waals surface area contributed by atoms with Gasteiger partial charge in [0.05, 0.1) is 18.8 Å². The number of nitrogens with zero attached hydrogens (tertiary/aromatic N) is 1. The van der Waals surface area contributed by atoms with Gasteiger partial charge in [-0.3, -0.25) is 4.79 Å². The third kappa shape index (κ3) is 2.10. The van der Waals surface area contributed by atoms with Crippen molar-refractivity contribution >= 4 is 5.91 Å². The van der Waals surface area contributed by atoms with Crippen LogP contribution in [0.5, 0.6) is 5.75 Å². The second kappa shape index (κ2) is 4.85. The number of fused-ring (bicyclic) bond motifs is 2. The SMILES string of the molecule is COc1ccccc1C(=O)N1C2CCC1CC(O)C2. The van der Waals surface area contributed by atoms with Crippen LogP contribution in [0.4, 0.5) is 0 Å². The number of aliphatic hydroxyl groups excluding tert-OH is 1. The fraction of sp³-hybridized carbons (Fsp3) is 0.533. The molecule has 102 valence electrons. The monoisotopic (exact) mass is 261 g/mol. The smallest absolute Gasteiger partial charge is 0.258 e. The molecule has 2 aliphatic heterocycles. The van der Waals surface area contributed by atoms with Crippen LogP contribution in [0.2, 0.25) is 0 Å². The van der Waals surface area contributed by atoms with Crippen LogP contribution in [-0.4, -0.2) is 41.2 Å². The third-order valence-electron chi connectivity index (χ3n) is 4.28. The van der Waals surface area contributed by atoms with Gasteiger partial charge < -0.3 is 14.7 Å². The van der Waals surface area contributed by atoms with Crippen LogP contribution in [0, 0.1) is 0 Å². The van der Waals surface area contributed by atoms with Crippen LogP contribution in [0.25, 0.3) is 0 Å². The molecule has 1 aromatic rings. The number of methoxy groups -OCH3 is 1.